The van der Waals surface area contributed by atoms with E-state index in [1.54, 1.807) is 16.8 Å². The van der Waals surface area contributed by atoms with Gasteiger partial charge in [-0.15, -0.1) is 0 Å². The average molecular weight is 290 g/mol. The van der Waals surface area contributed by atoms with Gasteiger partial charge in [0.25, 0.3) is 5.56 Å². The smallest absolute Gasteiger partial charge is 0.381 e. The minimum absolute atomic E-state index is 0.0649. The predicted octanol–water partition coefficient (Wildman–Crippen LogP) is 3.79. The van der Waals surface area contributed by atoms with E-state index in [-0.39, 0.29) is 18.0 Å². The summed E-state index contributed by atoms with van der Waals surface area (Å²) >= 11 is 0. The van der Waals surface area contributed by atoms with Crippen LogP contribution in [0, 0.1) is 0 Å². The van der Waals surface area contributed by atoms with Gasteiger partial charge in [0, 0.05) is 31.3 Å². The summed E-state index contributed by atoms with van der Waals surface area (Å²) in [5.41, 5.74) is 0.694. The number of aromatic nitrogens is 1. The van der Waals surface area contributed by atoms with Gasteiger partial charge in [-0.2, -0.15) is 13.2 Å². The first-order valence-electron chi connectivity index (χ1n) is 6.85. The van der Waals surface area contributed by atoms with E-state index < -0.39 is 12.6 Å². The Kier molecular flexibility index (Phi) is 6.10. The lowest BCUT2D eigenvalue weighted by Crippen LogP contribution is -2.21. The topological polar surface area (TPSA) is 34.0 Å². The summed E-state index contributed by atoms with van der Waals surface area (Å²) in [5.74, 6) is 0. The van der Waals surface area contributed by atoms with Crippen LogP contribution in [0.5, 0.6) is 0 Å². The molecule has 20 heavy (non-hydrogen) atoms. The van der Waals surface area contributed by atoms with Crippen molar-refractivity contribution in [3.63, 3.8) is 0 Å². The zero-order valence-corrected chi connectivity index (χ0v) is 11.8. The molecule has 0 spiro atoms. The van der Waals surface area contributed by atoms with Crippen molar-refractivity contribution in [1.82, 2.24) is 4.57 Å². The van der Waals surface area contributed by atoms with Crippen LogP contribution in [0.1, 0.15) is 39.5 Å². The molecule has 0 radical (unpaired) electrons. The van der Waals surface area contributed by atoms with Crippen molar-refractivity contribution >= 4 is 5.69 Å². The fourth-order valence-corrected chi connectivity index (χ4v) is 2.00. The highest BCUT2D eigenvalue weighted by Crippen LogP contribution is 2.23. The molecule has 0 fully saturated rings. The third-order valence-electron chi connectivity index (χ3n) is 2.96. The van der Waals surface area contributed by atoms with Gasteiger partial charge in [0.2, 0.25) is 0 Å². The molecule has 0 bridgehead atoms. The van der Waals surface area contributed by atoms with Crippen LogP contribution in [0.25, 0.3) is 0 Å². The van der Waals surface area contributed by atoms with Crippen LogP contribution in [0.3, 0.4) is 0 Å². The molecule has 0 saturated carbocycles. The molecule has 0 amide bonds. The summed E-state index contributed by atoms with van der Waals surface area (Å²) in [6, 6.07) is 3.07. The van der Waals surface area contributed by atoms with Crippen molar-refractivity contribution in [2.45, 2.75) is 58.3 Å². The van der Waals surface area contributed by atoms with Crippen molar-refractivity contribution in [3.8, 4) is 0 Å². The highest BCUT2D eigenvalue weighted by Gasteiger charge is 2.26. The average Bonchev–Trinajstić information content (AvgIpc) is 2.32. The van der Waals surface area contributed by atoms with Crippen molar-refractivity contribution in [1.29, 1.82) is 0 Å². The maximum absolute atomic E-state index is 12.1. The molecular weight excluding hydrogens is 269 g/mol. The summed E-state index contributed by atoms with van der Waals surface area (Å²) < 4.78 is 37.8. The number of pyridine rings is 1. The Morgan fingerprint density at radius 1 is 1.35 bits per heavy atom. The fourth-order valence-electron chi connectivity index (χ4n) is 2.00. The number of alkyl halides is 3. The SMILES string of the molecule is CCCn1cc(NC(C)CCCC(F)(F)F)ccc1=O. The Morgan fingerprint density at radius 3 is 2.65 bits per heavy atom. The first kappa shape index (κ1) is 16.6. The van der Waals surface area contributed by atoms with Crippen LogP contribution in [0.4, 0.5) is 18.9 Å². The molecule has 1 aromatic rings. The molecule has 1 heterocycles. The largest absolute Gasteiger partial charge is 0.389 e. The van der Waals surface area contributed by atoms with Crippen LogP contribution in [0.2, 0.25) is 0 Å². The normalized spacial score (nSPS) is 13.2. The van der Waals surface area contributed by atoms with Gasteiger partial charge in [0.05, 0.1) is 5.69 Å². The molecule has 0 saturated heterocycles. The van der Waals surface area contributed by atoms with Gasteiger partial charge in [0.1, 0.15) is 0 Å². The summed E-state index contributed by atoms with van der Waals surface area (Å²) in [4.78, 5) is 11.5. The fraction of sp³-hybridized carbons (Fsp3) is 0.643. The monoisotopic (exact) mass is 290 g/mol. The van der Waals surface area contributed by atoms with Gasteiger partial charge < -0.3 is 9.88 Å². The molecule has 0 aliphatic heterocycles. The molecule has 1 rings (SSSR count). The lowest BCUT2D eigenvalue weighted by atomic mass is 10.1. The molecular formula is C14H21F3N2O. The zero-order valence-electron chi connectivity index (χ0n) is 11.8. The second kappa shape index (κ2) is 7.36. The van der Waals surface area contributed by atoms with Crippen LogP contribution >= 0.6 is 0 Å². The molecule has 6 heteroatoms. The number of hydrogen-bond acceptors (Lipinski definition) is 2. The van der Waals surface area contributed by atoms with Crippen LogP contribution in [-0.4, -0.2) is 16.8 Å². The Morgan fingerprint density at radius 2 is 2.05 bits per heavy atom. The number of halogens is 3. The minimum atomic E-state index is -4.09. The maximum Gasteiger partial charge on any atom is 0.389 e. The molecule has 3 nitrogen and oxygen atoms in total. The van der Waals surface area contributed by atoms with Gasteiger partial charge in [-0.3, -0.25) is 4.79 Å². The van der Waals surface area contributed by atoms with Crippen LogP contribution in [0.15, 0.2) is 23.1 Å². The Labute approximate surface area is 116 Å². The highest BCUT2D eigenvalue weighted by atomic mass is 19.4. The van der Waals surface area contributed by atoms with Crippen molar-refractivity contribution in [3.05, 3.63) is 28.7 Å². The summed E-state index contributed by atoms with van der Waals surface area (Å²) in [6.45, 7) is 4.45. The number of nitrogens with one attached hydrogen (secondary N) is 1. The number of rotatable bonds is 7. The summed E-state index contributed by atoms with van der Waals surface area (Å²) in [6.07, 6.45) is -1.74. The van der Waals surface area contributed by atoms with Gasteiger partial charge in [-0.05, 0) is 32.3 Å². The van der Waals surface area contributed by atoms with E-state index in [0.717, 1.165) is 12.1 Å². The van der Waals surface area contributed by atoms with Crippen molar-refractivity contribution < 1.29 is 13.2 Å². The lowest BCUT2D eigenvalue weighted by molar-refractivity contribution is -0.135. The van der Waals surface area contributed by atoms with E-state index in [1.807, 2.05) is 13.8 Å². The molecule has 0 aliphatic carbocycles. The van der Waals surface area contributed by atoms with Crippen molar-refractivity contribution in [2.24, 2.45) is 0 Å². The summed E-state index contributed by atoms with van der Waals surface area (Å²) in [5, 5.41) is 3.13. The van der Waals surface area contributed by atoms with Crippen LogP contribution < -0.4 is 10.9 Å². The third kappa shape index (κ3) is 6.12. The molecule has 114 valence electrons. The van der Waals surface area contributed by atoms with E-state index in [0.29, 0.717) is 13.0 Å². The standard InChI is InChI=1S/C14H21F3N2O/c1-3-9-19-10-12(6-7-13(19)20)18-11(2)5-4-8-14(15,16)17/h6-7,10-11,18H,3-5,8-9H2,1-2H3. The van der Waals surface area contributed by atoms with Crippen molar-refractivity contribution in [2.75, 3.05) is 5.32 Å². The van der Waals surface area contributed by atoms with Gasteiger partial charge >= 0.3 is 6.18 Å². The molecule has 1 atom stereocenters. The van der Waals surface area contributed by atoms with Crippen LogP contribution in [-0.2, 0) is 6.54 Å². The second-order valence-corrected chi connectivity index (χ2v) is 5.00. The van der Waals surface area contributed by atoms with E-state index in [4.69, 9.17) is 0 Å². The van der Waals surface area contributed by atoms with E-state index in [9.17, 15) is 18.0 Å². The molecule has 0 aliphatic rings. The maximum atomic E-state index is 12.1. The first-order chi connectivity index (χ1) is 9.31. The Bertz CT molecular complexity index is 468. The quantitative estimate of drug-likeness (QED) is 0.829. The number of anilines is 1. The Balaban J connectivity index is 2.51. The Hall–Kier alpha value is -1.46. The lowest BCUT2D eigenvalue weighted by Gasteiger charge is -2.16. The minimum Gasteiger partial charge on any atom is -0.381 e. The molecule has 0 aromatic carbocycles. The third-order valence-corrected chi connectivity index (χ3v) is 2.96. The molecule has 1 N–H and O–H groups in total. The number of aryl methyl sites for hydroxylation is 1. The predicted molar refractivity (Wildman–Crippen MR) is 74.0 cm³/mol. The van der Waals surface area contributed by atoms with E-state index in [1.165, 1.54) is 6.07 Å². The van der Waals surface area contributed by atoms with Gasteiger partial charge in [-0.1, -0.05) is 6.92 Å². The summed E-state index contributed by atoms with van der Waals surface area (Å²) in [7, 11) is 0. The second-order valence-electron chi connectivity index (χ2n) is 5.00. The van der Waals surface area contributed by atoms with Gasteiger partial charge in [-0.25, -0.2) is 0 Å². The van der Waals surface area contributed by atoms with E-state index in [2.05, 4.69) is 5.32 Å². The molecule has 1 aromatic heterocycles. The molecule has 1 unspecified atom stereocenters. The highest BCUT2D eigenvalue weighted by molar-refractivity contribution is 5.41. The first-order valence-corrected chi connectivity index (χ1v) is 6.85. The van der Waals surface area contributed by atoms with Gasteiger partial charge in [0.15, 0.2) is 0 Å². The zero-order chi connectivity index (χ0) is 15.2. The number of nitrogens with zero attached hydrogens (tertiary/aromatic N) is 1. The number of hydrogen-bond donors (Lipinski definition) is 1. The van der Waals surface area contributed by atoms with E-state index >= 15 is 0 Å².